The van der Waals surface area contributed by atoms with Crippen molar-refractivity contribution in [2.45, 2.75) is 0 Å². The van der Waals surface area contributed by atoms with Gasteiger partial charge < -0.3 is 31.3 Å². The van der Waals surface area contributed by atoms with E-state index in [1.54, 1.807) is 28.4 Å². The maximum Gasteiger partial charge on any atom is 0.507 e. The summed E-state index contributed by atoms with van der Waals surface area (Å²) < 4.78 is 40.4. The Balaban J connectivity index is 2.07. The van der Waals surface area contributed by atoms with Crippen LogP contribution in [0.25, 0.3) is 0 Å². The third kappa shape index (κ3) is 6.04. The van der Waals surface area contributed by atoms with E-state index in [4.69, 9.17) is 31.3 Å². The van der Waals surface area contributed by atoms with E-state index >= 15 is 0 Å². The van der Waals surface area contributed by atoms with Gasteiger partial charge in [0.25, 0.3) is 0 Å². The van der Waals surface area contributed by atoms with Gasteiger partial charge in [0, 0.05) is 54.6 Å². The number of ether oxygens (including phenoxy) is 2. The Hall–Kier alpha value is 0.0738. The zero-order chi connectivity index (χ0) is 18.2. The number of rotatable bonds is 10. The van der Waals surface area contributed by atoms with Crippen LogP contribution in [-0.4, -0.2) is 121 Å². The normalized spacial score (nSPS) is 21.6. The van der Waals surface area contributed by atoms with Gasteiger partial charge in [-0.05, 0) is 0 Å². The molecule has 0 aromatic carbocycles. The summed E-state index contributed by atoms with van der Waals surface area (Å²) in [7, 11) is 0.600. The molecule has 2 saturated heterocycles. The van der Waals surface area contributed by atoms with E-state index in [2.05, 4.69) is 9.80 Å². The van der Waals surface area contributed by atoms with Gasteiger partial charge in [0.05, 0.1) is 38.8 Å². The third-order valence-corrected chi connectivity index (χ3v) is 11.2. The molecular weight excluding hydrogens is 364 g/mol. The first kappa shape index (κ1) is 21.4. The lowest BCUT2D eigenvalue weighted by Crippen LogP contribution is -2.66. The predicted molar refractivity (Wildman–Crippen MR) is 95.1 cm³/mol. The van der Waals surface area contributed by atoms with Gasteiger partial charge in [0.2, 0.25) is 0 Å². The number of morpholine rings is 2. The molecule has 0 aliphatic carbocycles. The second kappa shape index (κ2) is 10.4. The monoisotopic (exact) mass is 396 g/mol. The van der Waals surface area contributed by atoms with Crippen LogP contribution >= 0.6 is 0 Å². The van der Waals surface area contributed by atoms with Crippen molar-refractivity contribution in [3.05, 3.63) is 0 Å². The van der Waals surface area contributed by atoms with E-state index in [-0.39, 0.29) is 0 Å². The summed E-state index contributed by atoms with van der Waals surface area (Å²) >= 11 is 0. The summed E-state index contributed by atoms with van der Waals surface area (Å²) in [6.45, 7) is 6.19. The van der Waals surface area contributed by atoms with Gasteiger partial charge in [-0.3, -0.25) is 9.80 Å². The van der Waals surface area contributed by atoms with Gasteiger partial charge >= 0.3 is 17.6 Å². The van der Waals surface area contributed by atoms with Crippen LogP contribution in [0, 0.1) is 0 Å². The van der Waals surface area contributed by atoms with E-state index in [0.29, 0.717) is 38.8 Å². The highest BCUT2D eigenvalue weighted by molar-refractivity contribution is 6.75. The molecule has 0 radical (unpaired) electrons. The topological polar surface area (TPSA) is 71.1 Å². The summed E-state index contributed by atoms with van der Waals surface area (Å²) in [4.78, 5) is 4.50. The molecule has 0 bridgehead atoms. The van der Waals surface area contributed by atoms with E-state index in [1.165, 1.54) is 0 Å². The van der Waals surface area contributed by atoms with Gasteiger partial charge in [-0.2, -0.15) is 0 Å². The van der Waals surface area contributed by atoms with Crippen LogP contribution in [0.2, 0.25) is 0 Å². The second-order valence-corrected chi connectivity index (χ2v) is 11.9. The highest BCUT2D eigenvalue weighted by Gasteiger charge is 2.54. The minimum Gasteiger partial charge on any atom is -0.379 e. The molecule has 0 aromatic heterocycles. The fraction of sp³-hybridized carbons (Fsp3) is 1.00. The summed E-state index contributed by atoms with van der Waals surface area (Å²) in [5.41, 5.74) is 0. The zero-order valence-electron chi connectivity index (χ0n) is 15.8. The van der Waals surface area contributed by atoms with Crippen LogP contribution in [0.15, 0.2) is 0 Å². The average Bonchev–Trinajstić information content (AvgIpc) is 2.68. The van der Waals surface area contributed by atoms with E-state index in [0.717, 1.165) is 26.2 Å². The Kier molecular flexibility index (Phi) is 8.91. The zero-order valence-corrected chi connectivity index (χ0v) is 17.8. The first-order valence-corrected chi connectivity index (χ1v) is 12.5. The molecule has 25 heavy (non-hydrogen) atoms. The van der Waals surface area contributed by atoms with Gasteiger partial charge in [-0.15, -0.1) is 0 Å². The second-order valence-electron chi connectivity index (χ2n) is 6.06. The molecule has 2 heterocycles. The Morgan fingerprint density at radius 2 is 0.960 bits per heavy atom. The van der Waals surface area contributed by atoms with Crippen molar-refractivity contribution in [1.82, 2.24) is 9.80 Å². The minimum absolute atomic E-state index is 0.591. The molecule has 0 spiro atoms. The molecule has 2 rings (SSSR count). The molecular formula is C14H32N2O7Si2. The molecule has 0 aromatic rings. The van der Waals surface area contributed by atoms with Crippen molar-refractivity contribution in [2.24, 2.45) is 0 Å². The van der Waals surface area contributed by atoms with Crippen LogP contribution in [0.3, 0.4) is 0 Å². The van der Waals surface area contributed by atoms with Crippen LogP contribution in [-0.2, 0) is 31.3 Å². The molecule has 11 heteroatoms. The van der Waals surface area contributed by atoms with E-state index in [9.17, 15) is 0 Å². The molecule has 148 valence electrons. The van der Waals surface area contributed by atoms with Crippen molar-refractivity contribution in [1.29, 1.82) is 0 Å². The fourth-order valence-corrected chi connectivity index (χ4v) is 9.28. The van der Waals surface area contributed by atoms with Crippen molar-refractivity contribution in [2.75, 3.05) is 93.4 Å². The van der Waals surface area contributed by atoms with Gasteiger partial charge in [-0.25, -0.2) is 0 Å². The maximum absolute atomic E-state index is 6.45. The van der Waals surface area contributed by atoms with Crippen LogP contribution in [0.1, 0.15) is 0 Å². The van der Waals surface area contributed by atoms with Crippen LogP contribution < -0.4 is 0 Å². The van der Waals surface area contributed by atoms with E-state index < -0.39 is 17.6 Å². The highest BCUT2D eigenvalue weighted by Crippen LogP contribution is 2.21. The summed E-state index contributed by atoms with van der Waals surface area (Å²) in [5, 5.41) is 0. The van der Waals surface area contributed by atoms with Crippen LogP contribution in [0.5, 0.6) is 0 Å². The summed E-state index contributed by atoms with van der Waals surface area (Å²) in [6.07, 6.45) is 1.18. The standard InChI is InChI=1S/C14H32N2O7Si2/c1-17-24(18-2,13-15-5-9-21-10-6-15)23-25(19-3,20-4)14-16-7-11-22-12-8-16/h5-14H2,1-4H3. The molecule has 2 aliphatic rings. The highest BCUT2D eigenvalue weighted by atomic mass is 28.5. The Morgan fingerprint density at radius 1 is 0.640 bits per heavy atom. The van der Waals surface area contributed by atoms with Crippen molar-refractivity contribution < 1.29 is 31.3 Å². The Labute approximate surface area is 152 Å². The molecule has 0 amide bonds. The lowest BCUT2D eigenvalue weighted by Gasteiger charge is -2.40. The minimum atomic E-state index is -2.97. The maximum atomic E-state index is 6.45. The van der Waals surface area contributed by atoms with Crippen molar-refractivity contribution in [3.63, 3.8) is 0 Å². The largest absolute Gasteiger partial charge is 0.507 e. The smallest absolute Gasteiger partial charge is 0.379 e. The van der Waals surface area contributed by atoms with Gasteiger partial charge in [0.1, 0.15) is 0 Å². The molecule has 0 N–H and O–H groups in total. The molecule has 9 nitrogen and oxygen atoms in total. The molecule has 0 atom stereocenters. The first-order valence-electron chi connectivity index (χ1n) is 8.62. The molecule has 2 fully saturated rings. The third-order valence-electron chi connectivity index (χ3n) is 4.60. The lowest BCUT2D eigenvalue weighted by atomic mass is 10.5. The molecule has 0 unspecified atom stereocenters. The molecule has 0 saturated carbocycles. The summed E-state index contributed by atoms with van der Waals surface area (Å²) in [5.74, 6) is 0. The van der Waals surface area contributed by atoms with Gasteiger partial charge in [-0.1, -0.05) is 0 Å². The van der Waals surface area contributed by atoms with E-state index in [1.807, 2.05) is 0 Å². The predicted octanol–water partition coefficient (Wildman–Crippen LogP) is -0.791. The van der Waals surface area contributed by atoms with Gasteiger partial charge in [0.15, 0.2) is 0 Å². The fourth-order valence-electron chi connectivity index (χ4n) is 2.96. The Morgan fingerprint density at radius 3 is 1.24 bits per heavy atom. The first-order chi connectivity index (χ1) is 12.1. The number of nitrogens with zero attached hydrogens (tertiary/aromatic N) is 2. The lowest BCUT2D eigenvalue weighted by molar-refractivity contribution is 0.0165. The quantitative estimate of drug-likeness (QED) is 0.442. The van der Waals surface area contributed by atoms with Crippen molar-refractivity contribution >= 4 is 17.6 Å². The van der Waals surface area contributed by atoms with Crippen LogP contribution in [0.4, 0.5) is 0 Å². The Bertz CT molecular complexity index is 340. The average molecular weight is 397 g/mol. The molecule has 2 aliphatic heterocycles. The number of hydrogen-bond donors (Lipinski definition) is 0. The SMILES string of the molecule is CO[Si](CN1CCOCC1)(OC)O[Si](CN1CCOCC1)(OC)OC. The summed E-state index contributed by atoms with van der Waals surface area (Å²) in [6, 6.07) is 0. The number of hydrogen-bond acceptors (Lipinski definition) is 9. The van der Waals surface area contributed by atoms with Crippen molar-refractivity contribution in [3.8, 4) is 0 Å².